The molecule has 0 fully saturated rings. The lowest BCUT2D eigenvalue weighted by Crippen LogP contribution is -2.38. The molecule has 0 amide bonds. The number of pyridine rings is 1. The van der Waals surface area contributed by atoms with Gasteiger partial charge in [0.15, 0.2) is 0 Å². The Hall–Kier alpha value is -3.74. The predicted molar refractivity (Wildman–Crippen MR) is 122 cm³/mol. The average Bonchev–Trinajstić information content (AvgIpc) is 2.68. The van der Waals surface area contributed by atoms with Crippen LogP contribution in [0, 0.1) is 6.92 Å². The second-order valence-corrected chi connectivity index (χ2v) is 7.81. The zero-order valence-electron chi connectivity index (χ0n) is 18.1. The van der Waals surface area contributed by atoms with Gasteiger partial charge in [0, 0.05) is 17.3 Å². The molecule has 2 heterocycles. The number of anilines is 1. The molecule has 0 saturated heterocycles. The number of aromatic amines is 1. The minimum Gasteiger partial charge on any atom is -0.384 e. The lowest BCUT2D eigenvalue weighted by molar-refractivity contribution is 0.102. The number of hydrogen-bond donors (Lipinski definition) is 2. The van der Waals surface area contributed by atoms with Gasteiger partial charge in [-0.1, -0.05) is 32.1 Å². The van der Waals surface area contributed by atoms with Crippen LogP contribution in [0.15, 0.2) is 52.2 Å². The zero-order chi connectivity index (χ0) is 22.7. The van der Waals surface area contributed by atoms with Gasteiger partial charge in [-0.2, -0.15) is 0 Å². The number of H-pyrrole nitrogens is 1. The monoisotopic (exact) mass is 418 g/mol. The van der Waals surface area contributed by atoms with Gasteiger partial charge in [-0.15, -0.1) is 0 Å². The maximum absolute atomic E-state index is 13.7. The number of nitrogens with zero attached hydrogens (tertiary/aromatic N) is 2. The van der Waals surface area contributed by atoms with Gasteiger partial charge in [0.05, 0.1) is 6.54 Å². The van der Waals surface area contributed by atoms with Crippen LogP contribution in [-0.4, -0.2) is 20.3 Å². The van der Waals surface area contributed by atoms with Crippen LogP contribution >= 0.6 is 0 Å². The number of hydrogen-bond acceptors (Lipinski definition) is 5. The Balaban J connectivity index is 2.28. The molecule has 0 saturated carbocycles. The van der Waals surface area contributed by atoms with Crippen LogP contribution in [0.4, 0.5) is 5.82 Å². The lowest BCUT2D eigenvalue weighted by Gasteiger charge is -2.18. The molecule has 7 heteroatoms. The number of nitrogens with two attached hydrogens (primary N) is 1. The first-order valence-electron chi connectivity index (χ1n) is 10.1. The second-order valence-electron chi connectivity index (χ2n) is 7.81. The van der Waals surface area contributed by atoms with Crippen LogP contribution in [0.5, 0.6) is 0 Å². The number of allylic oxidation sites excluding steroid dienone is 1. The number of nitrogen functional groups attached to an aromatic ring is 1. The molecule has 0 aliphatic heterocycles. The van der Waals surface area contributed by atoms with Crippen LogP contribution < -0.4 is 17.0 Å². The molecule has 2 aromatic heterocycles. The van der Waals surface area contributed by atoms with E-state index < -0.39 is 11.2 Å². The van der Waals surface area contributed by atoms with Crippen molar-refractivity contribution in [1.82, 2.24) is 14.5 Å². The first kappa shape index (κ1) is 22.0. The van der Waals surface area contributed by atoms with Crippen molar-refractivity contribution < 1.29 is 4.79 Å². The molecule has 0 unspecified atom stereocenters. The van der Waals surface area contributed by atoms with Crippen molar-refractivity contribution in [2.75, 3.05) is 5.73 Å². The Morgan fingerprint density at radius 3 is 2.61 bits per heavy atom. The minimum absolute atomic E-state index is 0.0800. The van der Waals surface area contributed by atoms with Gasteiger partial charge < -0.3 is 5.73 Å². The van der Waals surface area contributed by atoms with E-state index >= 15 is 0 Å². The third-order valence-electron chi connectivity index (χ3n) is 4.93. The first-order valence-corrected chi connectivity index (χ1v) is 10.1. The van der Waals surface area contributed by atoms with E-state index in [1.165, 1.54) is 10.8 Å². The van der Waals surface area contributed by atoms with E-state index in [4.69, 9.17) is 5.73 Å². The maximum atomic E-state index is 13.7. The Bertz CT molecular complexity index is 1280. The van der Waals surface area contributed by atoms with Gasteiger partial charge in [-0.25, -0.2) is 9.78 Å². The molecule has 7 nitrogen and oxygen atoms in total. The van der Waals surface area contributed by atoms with Crippen molar-refractivity contribution in [1.29, 1.82) is 0 Å². The number of nitrogens with one attached hydrogen (secondary N) is 1. The SMILES string of the molecule is C/C=C/c1cc(C)cc(C(=O)c2c(C(C)C)c(=O)[nH]c(=O)n2Cc2ccnc(N)c2)c1. The summed E-state index contributed by atoms with van der Waals surface area (Å²) < 4.78 is 1.31. The predicted octanol–water partition coefficient (Wildman–Crippen LogP) is 3.26. The molecular weight excluding hydrogens is 392 g/mol. The van der Waals surface area contributed by atoms with Crippen LogP contribution in [-0.2, 0) is 6.54 Å². The summed E-state index contributed by atoms with van der Waals surface area (Å²) in [5.74, 6) is -0.332. The van der Waals surface area contributed by atoms with Gasteiger partial charge in [0.1, 0.15) is 11.5 Å². The molecular formula is C24H26N4O3. The third kappa shape index (κ3) is 4.71. The summed E-state index contributed by atoms with van der Waals surface area (Å²) in [5.41, 5.74) is 7.85. The summed E-state index contributed by atoms with van der Waals surface area (Å²) in [7, 11) is 0. The Kier molecular flexibility index (Phi) is 6.34. The summed E-state index contributed by atoms with van der Waals surface area (Å²) in [5, 5.41) is 0. The van der Waals surface area contributed by atoms with Crippen molar-refractivity contribution in [3.63, 3.8) is 0 Å². The number of benzene rings is 1. The summed E-state index contributed by atoms with van der Waals surface area (Å²) in [6.07, 6.45) is 5.33. The number of ketones is 1. The summed E-state index contributed by atoms with van der Waals surface area (Å²) in [6.45, 7) is 7.52. The van der Waals surface area contributed by atoms with E-state index in [1.807, 2.05) is 45.9 Å². The summed E-state index contributed by atoms with van der Waals surface area (Å²) >= 11 is 0. The molecule has 160 valence electrons. The van der Waals surface area contributed by atoms with Gasteiger partial charge in [-0.05, 0) is 60.7 Å². The second kappa shape index (κ2) is 8.95. The van der Waals surface area contributed by atoms with Crippen molar-refractivity contribution in [3.05, 3.63) is 97.0 Å². The summed E-state index contributed by atoms with van der Waals surface area (Å²) in [6, 6.07) is 8.84. The Morgan fingerprint density at radius 2 is 1.97 bits per heavy atom. The number of aryl methyl sites for hydroxylation is 1. The molecule has 1 aromatic carbocycles. The van der Waals surface area contributed by atoms with E-state index in [-0.39, 0.29) is 29.5 Å². The highest BCUT2D eigenvalue weighted by atomic mass is 16.2. The van der Waals surface area contributed by atoms with E-state index in [1.54, 1.807) is 24.3 Å². The van der Waals surface area contributed by atoms with Crippen molar-refractivity contribution in [2.45, 2.75) is 40.2 Å². The molecule has 3 aromatic rings. The number of rotatable bonds is 6. The molecule has 0 radical (unpaired) electrons. The van der Waals surface area contributed by atoms with Gasteiger partial charge in [-0.3, -0.25) is 19.1 Å². The van der Waals surface area contributed by atoms with Crippen molar-refractivity contribution in [3.8, 4) is 0 Å². The quantitative estimate of drug-likeness (QED) is 0.597. The number of carbonyl (C=O) groups is 1. The van der Waals surface area contributed by atoms with Gasteiger partial charge >= 0.3 is 5.69 Å². The Labute approximate surface area is 180 Å². The van der Waals surface area contributed by atoms with E-state index in [9.17, 15) is 14.4 Å². The minimum atomic E-state index is -0.644. The maximum Gasteiger partial charge on any atom is 0.329 e. The molecule has 0 atom stereocenters. The first-order chi connectivity index (χ1) is 14.7. The topological polar surface area (TPSA) is 111 Å². The highest BCUT2D eigenvalue weighted by Crippen LogP contribution is 2.21. The zero-order valence-corrected chi connectivity index (χ0v) is 18.1. The molecule has 0 aliphatic carbocycles. The standard InChI is InChI=1S/C24H26N4O3/c1-5-6-16-9-15(4)10-18(11-16)22(29)21-20(14(2)3)23(30)27-24(31)28(21)13-17-7-8-26-19(25)12-17/h5-12,14H,13H2,1-4H3,(H2,25,26)(H,27,30,31)/b6-5+. The van der Waals surface area contributed by atoms with Gasteiger partial charge in [0.2, 0.25) is 5.78 Å². The van der Waals surface area contributed by atoms with E-state index in [0.29, 0.717) is 16.9 Å². The van der Waals surface area contributed by atoms with Gasteiger partial charge in [0.25, 0.3) is 5.56 Å². The fourth-order valence-corrected chi connectivity index (χ4v) is 3.66. The van der Waals surface area contributed by atoms with Crippen LogP contribution in [0.2, 0.25) is 0 Å². The van der Waals surface area contributed by atoms with Crippen LogP contribution in [0.1, 0.15) is 65.0 Å². The smallest absolute Gasteiger partial charge is 0.329 e. The fraction of sp³-hybridized carbons (Fsp3) is 0.250. The third-order valence-corrected chi connectivity index (χ3v) is 4.93. The van der Waals surface area contributed by atoms with E-state index in [0.717, 1.165) is 11.1 Å². The summed E-state index contributed by atoms with van der Waals surface area (Å²) in [4.78, 5) is 45.5. The molecule has 3 rings (SSSR count). The fourth-order valence-electron chi connectivity index (χ4n) is 3.66. The molecule has 0 aliphatic rings. The van der Waals surface area contributed by atoms with Crippen LogP contribution in [0.25, 0.3) is 6.08 Å². The highest BCUT2D eigenvalue weighted by Gasteiger charge is 2.25. The van der Waals surface area contributed by atoms with Crippen LogP contribution in [0.3, 0.4) is 0 Å². The normalized spacial score (nSPS) is 11.4. The van der Waals surface area contributed by atoms with Crippen molar-refractivity contribution >= 4 is 17.7 Å². The van der Waals surface area contributed by atoms with E-state index in [2.05, 4.69) is 9.97 Å². The lowest BCUT2D eigenvalue weighted by atomic mass is 9.95. The molecule has 3 N–H and O–H groups in total. The number of carbonyl (C=O) groups excluding carboxylic acids is 1. The number of aromatic nitrogens is 3. The molecule has 0 bridgehead atoms. The highest BCUT2D eigenvalue weighted by molar-refractivity contribution is 6.09. The largest absolute Gasteiger partial charge is 0.384 e. The molecule has 0 spiro atoms. The van der Waals surface area contributed by atoms with Crippen molar-refractivity contribution in [2.24, 2.45) is 0 Å². The molecule has 31 heavy (non-hydrogen) atoms. The average molecular weight is 418 g/mol. The Morgan fingerprint density at radius 1 is 1.23 bits per heavy atom.